The van der Waals surface area contributed by atoms with Crippen LogP contribution in [0.15, 0.2) is 6.33 Å². The molecule has 2 aromatic heterocycles. The number of aryl methyl sites for hydroxylation is 1. The third kappa shape index (κ3) is 2.25. The van der Waals surface area contributed by atoms with Gasteiger partial charge in [0.25, 0.3) is 0 Å². The van der Waals surface area contributed by atoms with Gasteiger partial charge in [0.2, 0.25) is 0 Å². The van der Waals surface area contributed by atoms with E-state index in [9.17, 15) is 4.79 Å². The number of ether oxygens (including phenoxy) is 1. The van der Waals surface area contributed by atoms with Gasteiger partial charge in [-0.25, -0.2) is 14.8 Å². The van der Waals surface area contributed by atoms with Crippen molar-refractivity contribution in [2.45, 2.75) is 26.9 Å². The van der Waals surface area contributed by atoms with Crippen molar-refractivity contribution in [2.24, 2.45) is 0 Å². The van der Waals surface area contributed by atoms with E-state index in [-0.39, 0.29) is 12.1 Å². The van der Waals surface area contributed by atoms with Crippen LogP contribution in [-0.2, 0) is 4.74 Å². The summed E-state index contributed by atoms with van der Waals surface area (Å²) in [5.74, 6) is -0.337. The molecule has 0 bridgehead atoms. The van der Waals surface area contributed by atoms with E-state index in [1.165, 1.54) is 17.7 Å². The zero-order chi connectivity index (χ0) is 12.6. The first-order chi connectivity index (χ1) is 8.00. The summed E-state index contributed by atoms with van der Waals surface area (Å²) in [6.07, 6.45) is 1.24. The molecule has 0 aliphatic heterocycles. The lowest BCUT2D eigenvalue weighted by Crippen LogP contribution is -2.11. The minimum absolute atomic E-state index is 0.145. The number of fused-ring (bicyclic) bond motifs is 1. The molecule has 17 heavy (non-hydrogen) atoms. The van der Waals surface area contributed by atoms with E-state index in [0.717, 1.165) is 10.9 Å². The Morgan fingerprint density at radius 1 is 1.47 bits per heavy atom. The second-order valence-electron chi connectivity index (χ2n) is 3.85. The van der Waals surface area contributed by atoms with Gasteiger partial charge >= 0.3 is 5.97 Å². The van der Waals surface area contributed by atoms with Gasteiger partial charge in [-0.2, -0.15) is 0 Å². The first-order valence-electron chi connectivity index (χ1n) is 5.11. The van der Waals surface area contributed by atoms with Gasteiger partial charge in [-0.15, -0.1) is 11.3 Å². The molecule has 0 N–H and O–H groups in total. The first-order valence-corrected chi connectivity index (χ1v) is 6.30. The van der Waals surface area contributed by atoms with Gasteiger partial charge in [-0.3, -0.25) is 0 Å². The number of halogens is 1. The minimum atomic E-state index is -0.337. The van der Waals surface area contributed by atoms with E-state index in [2.05, 4.69) is 9.97 Å². The van der Waals surface area contributed by atoms with E-state index in [1.54, 1.807) is 0 Å². The van der Waals surface area contributed by atoms with Gasteiger partial charge in [0.15, 0.2) is 0 Å². The number of aromatic nitrogens is 2. The van der Waals surface area contributed by atoms with E-state index >= 15 is 0 Å². The lowest BCUT2D eigenvalue weighted by Gasteiger charge is -2.06. The Bertz CT molecular complexity index is 580. The van der Waals surface area contributed by atoms with Crippen LogP contribution in [0, 0.1) is 6.92 Å². The average molecular weight is 271 g/mol. The number of hydrogen-bond donors (Lipinski definition) is 0. The van der Waals surface area contributed by atoms with E-state index < -0.39 is 0 Å². The lowest BCUT2D eigenvalue weighted by atomic mass is 10.2. The number of esters is 1. The van der Waals surface area contributed by atoms with Gasteiger partial charge < -0.3 is 4.74 Å². The normalized spacial score (nSPS) is 11.1. The second-order valence-corrected chi connectivity index (χ2v) is 5.21. The summed E-state index contributed by atoms with van der Waals surface area (Å²) in [5, 5.41) is 1.10. The van der Waals surface area contributed by atoms with Gasteiger partial charge in [0.1, 0.15) is 21.2 Å². The molecule has 0 atom stereocenters. The van der Waals surface area contributed by atoms with E-state index in [0.29, 0.717) is 14.9 Å². The summed E-state index contributed by atoms with van der Waals surface area (Å²) >= 11 is 7.27. The average Bonchev–Trinajstić information content (AvgIpc) is 2.56. The van der Waals surface area contributed by atoms with E-state index in [1.807, 2.05) is 20.8 Å². The number of nitrogens with zero attached hydrogens (tertiary/aromatic N) is 2. The second kappa shape index (κ2) is 4.58. The van der Waals surface area contributed by atoms with Crippen LogP contribution in [0.2, 0.25) is 5.15 Å². The minimum Gasteiger partial charge on any atom is -0.459 e. The molecule has 0 amide bonds. The maximum absolute atomic E-state index is 11.9. The fourth-order valence-corrected chi connectivity index (χ4v) is 2.85. The molecule has 0 radical (unpaired) electrons. The Morgan fingerprint density at radius 2 is 2.18 bits per heavy atom. The topological polar surface area (TPSA) is 52.1 Å². The molecule has 0 fully saturated rings. The molecule has 0 aliphatic rings. The molecule has 2 rings (SSSR count). The monoisotopic (exact) mass is 270 g/mol. The largest absolute Gasteiger partial charge is 0.459 e. The quantitative estimate of drug-likeness (QED) is 0.621. The summed E-state index contributed by atoms with van der Waals surface area (Å²) in [4.78, 5) is 21.1. The number of carbonyl (C=O) groups is 1. The highest BCUT2D eigenvalue weighted by atomic mass is 35.5. The molecule has 2 heterocycles. The number of hydrogen-bond acceptors (Lipinski definition) is 5. The maximum Gasteiger partial charge on any atom is 0.348 e. The Balaban J connectivity index is 2.53. The van der Waals surface area contributed by atoms with Crippen molar-refractivity contribution in [3.63, 3.8) is 0 Å². The Kier molecular flexibility index (Phi) is 3.31. The van der Waals surface area contributed by atoms with Crippen LogP contribution >= 0.6 is 22.9 Å². The standard InChI is InChI=1S/C11H11ClN2O2S/c1-5(2)16-11(15)8-6(3)7-9(12)13-4-14-10(7)17-8/h4-5H,1-3H3. The van der Waals surface area contributed by atoms with Crippen LogP contribution in [0.4, 0.5) is 0 Å². The van der Waals surface area contributed by atoms with Crippen molar-refractivity contribution in [3.05, 3.63) is 21.9 Å². The predicted molar refractivity (Wildman–Crippen MR) is 67.7 cm³/mol. The van der Waals surface area contributed by atoms with Gasteiger partial charge in [0, 0.05) is 0 Å². The van der Waals surface area contributed by atoms with Crippen LogP contribution in [0.25, 0.3) is 10.2 Å². The number of thiophene rings is 1. The highest BCUT2D eigenvalue weighted by molar-refractivity contribution is 7.20. The molecule has 4 nitrogen and oxygen atoms in total. The van der Waals surface area contributed by atoms with Crippen LogP contribution in [0.3, 0.4) is 0 Å². The summed E-state index contributed by atoms with van der Waals surface area (Å²) in [5.41, 5.74) is 0.779. The first kappa shape index (κ1) is 12.3. The van der Waals surface area contributed by atoms with Crippen molar-refractivity contribution < 1.29 is 9.53 Å². The van der Waals surface area contributed by atoms with Crippen LogP contribution in [0.1, 0.15) is 29.1 Å². The maximum atomic E-state index is 11.9. The van der Waals surface area contributed by atoms with Gasteiger partial charge in [0.05, 0.1) is 11.5 Å². The molecular weight excluding hydrogens is 260 g/mol. The number of carbonyl (C=O) groups excluding carboxylic acids is 1. The SMILES string of the molecule is Cc1c(C(=O)OC(C)C)sc2ncnc(Cl)c12. The Morgan fingerprint density at radius 3 is 2.76 bits per heavy atom. The molecule has 90 valence electrons. The van der Waals surface area contributed by atoms with Crippen LogP contribution in [-0.4, -0.2) is 22.0 Å². The Labute approximate surface area is 108 Å². The van der Waals surface area contributed by atoms with Gasteiger partial charge in [-0.05, 0) is 26.3 Å². The third-order valence-electron chi connectivity index (χ3n) is 2.21. The van der Waals surface area contributed by atoms with Crippen molar-refractivity contribution in [3.8, 4) is 0 Å². The highest BCUT2D eigenvalue weighted by Crippen LogP contribution is 2.33. The Hall–Kier alpha value is -1.20. The molecule has 0 aromatic carbocycles. The zero-order valence-corrected chi connectivity index (χ0v) is 11.2. The van der Waals surface area contributed by atoms with Crippen molar-refractivity contribution in [1.82, 2.24) is 9.97 Å². The summed E-state index contributed by atoms with van der Waals surface area (Å²) in [7, 11) is 0. The molecule has 0 unspecified atom stereocenters. The molecule has 0 aliphatic carbocycles. The van der Waals surface area contributed by atoms with Gasteiger partial charge in [-0.1, -0.05) is 11.6 Å². The smallest absolute Gasteiger partial charge is 0.348 e. The summed E-state index contributed by atoms with van der Waals surface area (Å²) < 4.78 is 5.17. The molecular formula is C11H11ClN2O2S. The molecule has 0 spiro atoms. The van der Waals surface area contributed by atoms with E-state index in [4.69, 9.17) is 16.3 Å². The molecule has 6 heteroatoms. The van der Waals surface area contributed by atoms with Crippen molar-refractivity contribution in [1.29, 1.82) is 0 Å². The van der Waals surface area contributed by atoms with Crippen LogP contribution < -0.4 is 0 Å². The zero-order valence-electron chi connectivity index (χ0n) is 9.65. The summed E-state index contributed by atoms with van der Waals surface area (Å²) in [6.45, 7) is 5.45. The lowest BCUT2D eigenvalue weighted by molar-refractivity contribution is 0.0383. The van der Waals surface area contributed by atoms with Crippen LogP contribution in [0.5, 0.6) is 0 Å². The third-order valence-corrected chi connectivity index (χ3v) is 3.68. The van der Waals surface area contributed by atoms with Crippen molar-refractivity contribution in [2.75, 3.05) is 0 Å². The predicted octanol–water partition coefficient (Wildman–Crippen LogP) is 3.22. The van der Waals surface area contributed by atoms with Crippen molar-refractivity contribution >= 4 is 39.1 Å². The highest BCUT2D eigenvalue weighted by Gasteiger charge is 2.20. The molecule has 0 saturated heterocycles. The molecule has 0 saturated carbocycles. The molecule has 2 aromatic rings. The number of rotatable bonds is 2. The fourth-order valence-electron chi connectivity index (χ4n) is 1.49. The summed E-state index contributed by atoms with van der Waals surface area (Å²) in [6, 6.07) is 0. The fraction of sp³-hybridized carbons (Fsp3) is 0.364.